The minimum atomic E-state index is -0.478. The number of ether oxygens (including phenoxy) is 6. The number of hydrogen-bond donors (Lipinski definition) is 2. The number of ketones is 5. The fraction of sp³-hybridized carbons (Fsp3) is 0.922. The van der Waals surface area contributed by atoms with Crippen LogP contribution in [0.4, 0.5) is 19.2 Å². The number of Topliss-reactive ketones (excluding diaryl/α,β-unsaturated/α-hetero) is 5. The molecule has 6 heterocycles. The summed E-state index contributed by atoms with van der Waals surface area (Å²) in [7, 11) is 0. The highest BCUT2D eigenvalue weighted by molar-refractivity contribution is 5.94. The van der Waals surface area contributed by atoms with E-state index in [0.29, 0.717) is 86.9 Å². The summed E-state index contributed by atoms with van der Waals surface area (Å²) in [5.74, 6) is 15.2. The summed E-state index contributed by atoms with van der Waals surface area (Å²) in [5, 5.41) is 9.19. The second-order valence-electron chi connectivity index (χ2n) is 60.5. The molecule has 6 bridgehead atoms. The molecule has 14 rings (SSSR count). The molecule has 0 aromatic heterocycles. The molecule has 0 spiro atoms. The molecule has 6 aliphatic heterocycles. The Hall–Kier alpha value is -5.22. The molecule has 0 radical (unpaired) electrons. The monoisotopic (exact) mass is 2130 g/mol. The molecule has 0 aromatic carbocycles. The average Bonchev–Trinajstić information content (AvgIpc) is 1.21. The SMILES string of the molecule is CC(=O)C(C)(C)C.CC(=O)OC(C)(C)C.CC(C)(C)C1COC1.CC(C)(C)CC12CC3CC(CC(C3)C1)C2.CC(C)(C)OC(=O)N1C2CCC1CC(=O)C2.CC(C)(C)OC(=O)N1CC(=O)C1.CC(C)(C)OC(=O)N1CCC(=O)CC1.CC(C)(C)OC(=O)N1CCCC(=O)CC1.CC(C)C1CC1.CC(C)CC(C)(C)C.CC(C)CC(C)(C)O.CC(C)CC(C)C.CC(C)CC1(C)CC1.CC(C)CC1CC1.CC(C)CC1CCCCC1.N. The number of carbonyl (C=O) groups is 10. The number of nitrogens with zero attached hydrogens (tertiary/aromatic N) is 4. The van der Waals surface area contributed by atoms with Crippen LogP contribution in [0.5, 0.6) is 0 Å². The van der Waals surface area contributed by atoms with Crippen molar-refractivity contribution in [3.8, 4) is 0 Å². The van der Waals surface area contributed by atoms with Gasteiger partial charge in [-0.05, 0) is 363 Å². The maximum Gasteiger partial charge on any atom is 0.411 e. The van der Waals surface area contributed by atoms with E-state index in [9.17, 15) is 53.1 Å². The highest BCUT2D eigenvalue weighted by Crippen LogP contribution is 2.63. The topological polar surface area (TPSA) is 294 Å². The van der Waals surface area contributed by atoms with Crippen molar-refractivity contribution in [2.24, 2.45) is 121 Å². The van der Waals surface area contributed by atoms with Crippen molar-refractivity contribution in [1.82, 2.24) is 25.8 Å². The number of piperidine rings is 2. The summed E-state index contributed by atoms with van der Waals surface area (Å²) in [6.07, 6.45) is 39.8. The first-order valence-electron chi connectivity index (χ1n) is 59.4. The van der Waals surface area contributed by atoms with Gasteiger partial charge >= 0.3 is 30.3 Å². The van der Waals surface area contributed by atoms with E-state index in [1.165, 1.54) is 121 Å². The molecule has 8 saturated carbocycles. The molecule has 4 amide bonds. The number of rotatable bonds is 13. The molecule has 6 saturated heterocycles. The Morgan fingerprint density at radius 1 is 0.393 bits per heavy atom. The normalized spacial score (nSPS) is 21.8. The molecule has 14 fully saturated rings. The highest BCUT2D eigenvalue weighted by atomic mass is 16.6. The Kier molecular flexibility index (Phi) is 68.0. The van der Waals surface area contributed by atoms with Gasteiger partial charge in [0, 0.05) is 95.0 Å². The molecule has 886 valence electrons. The predicted molar refractivity (Wildman–Crippen MR) is 627 cm³/mol. The number of aliphatic hydroxyl groups is 1. The quantitative estimate of drug-likeness (QED) is 0.128. The van der Waals surface area contributed by atoms with Gasteiger partial charge in [-0.1, -0.05) is 246 Å². The van der Waals surface area contributed by atoms with E-state index in [2.05, 4.69) is 180 Å². The lowest BCUT2D eigenvalue weighted by atomic mass is 9.47. The van der Waals surface area contributed by atoms with Crippen LogP contribution in [0.1, 0.15) is 544 Å². The van der Waals surface area contributed by atoms with Crippen LogP contribution in [0.25, 0.3) is 0 Å². The van der Waals surface area contributed by atoms with Crippen LogP contribution in [-0.2, 0) is 57.2 Å². The van der Waals surface area contributed by atoms with E-state index in [0.717, 1.165) is 133 Å². The summed E-state index contributed by atoms with van der Waals surface area (Å²) in [5.41, 5.74) is 0.291. The van der Waals surface area contributed by atoms with Crippen LogP contribution in [0.3, 0.4) is 0 Å². The molecule has 2 atom stereocenters. The number of carbonyl (C=O) groups excluding carboxylic acids is 10. The Bertz CT molecular complexity index is 3640. The number of fused-ring (bicyclic) bond motifs is 2. The Morgan fingerprint density at radius 3 is 0.967 bits per heavy atom. The van der Waals surface area contributed by atoms with Crippen LogP contribution in [-0.4, -0.2) is 182 Å². The van der Waals surface area contributed by atoms with Crippen molar-refractivity contribution < 1.29 is 81.5 Å². The van der Waals surface area contributed by atoms with Crippen LogP contribution >= 0.6 is 0 Å². The molecule has 0 aromatic rings. The number of hydrogen-bond acceptors (Lipinski definition) is 18. The molecular formula is C128H247N5O17. The molecule has 22 heteroatoms. The predicted octanol–water partition coefficient (Wildman–Crippen LogP) is 34.4. The third-order valence-corrected chi connectivity index (χ3v) is 27.6. The van der Waals surface area contributed by atoms with Crippen molar-refractivity contribution in [3.05, 3.63) is 0 Å². The van der Waals surface area contributed by atoms with Gasteiger partial charge in [0.05, 0.1) is 31.9 Å². The van der Waals surface area contributed by atoms with Gasteiger partial charge in [0.15, 0.2) is 5.78 Å². The van der Waals surface area contributed by atoms with Crippen LogP contribution < -0.4 is 6.15 Å². The van der Waals surface area contributed by atoms with E-state index in [1.54, 1.807) is 80.9 Å². The summed E-state index contributed by atoms with van der Waals surface area (Å²) >= 11 is 0. The van der Waals surface area contributed by atoms with Crippen LogP contribution in [0.2, 0.25) is 0 Å². The maximum atomic E-state index is 12.0. The molecule has 150 heavy (non-hydrogen) atoms. The Morgan fingerprint density at radius 2 is 0.747 bits per heavy atom. The van der Waals surface area contributed by atoms with E-state index in [4.69, 9.17) is 28.4 Å². The van der Waals surface area contributed by atoms with E-state index in [1.807, 2.05) is 118 Å². The zero-order chi connectivity index (χ0) is 116. The third kappa shape index (κ3) is 82.3. The van der Waals surface area contributed by atoms with E-state index in [-0.39, 0.29) is 95.5 Å². The minimum absolute atomic E-state index is 0. The lowest BCUT2D eigenvalue weighted by Crippen LogP contribution is -2.52. The number of amides is 4. The first kappa shape index (κ1) is 149. The standard InChI is InChI=1S/C15H26.C12H19NO3.C11H19NO3.C10H17NO3.C10H20.C8H13NO3.C8H16.C8H18.C7H14O.C7H16O.C7H14.C7H16.C6H12O2.C6H12O.C6H12.H3N/c1-14(2,3)10-15-7-11-4-12(8-15)6-13(5-11)9-15;1-12(2,3)16-11(15)13-8-4-5-9(13)7-10(14)6-8;1-11(2,3)15-10(14)12-7-4-5-9(13)6-8-12;1-10(2,3)14-9(13)11-6-4-8(12)5-7-11;1-9(2)8-10-6-4-3-5-7-10;1-8(2,3)12-7(11)9-4-6(10)5-9;1-7(2)6-8(3)4-5-8;1-7(2)6-8(3,4)5;1-7(2,3)6-4-8-5-6;1-6(2)5-7(3,4)8;1-6(2)5-7-3-4-7;1-6(2)5-7(3)4;1-5(7)8-6(2,3)4;1-5(7)6(2,3)4;1-5(2)6-3-4-6;/h11-13H,4-10H2,1-3H3;8-9H,4-7H2,1-3H3;4-8H2,1-3H3;4-7H2,1-3H3;9-10H,3-8H2,1-2H3;4-5H2,1-3H3;7H,4-6H2,1-3H3;7H,6H2,1-5H3;6H,4-5H2,1-3H3;6,8H,5H2,1-4H3;6-7H,3-5H2,1-2H3;6-7H,5H2,1-4H3;1-4H3;1-4H3;5-6H,3-4H2,1-2H3;1H3. The molecule has 2 unspecified atom stereocenters. The molecule has 8 aliphatic carbocycles. The van der Waals surface area contributed by atoms with Crippen LogP contribution in [0.15, 0.2) is 0 Å². The van der Waals surface area contributed by atoms with E-state index < -0.39 is 34.1 Å². The summed E-state index contributed by atoms with van der Waals surface area (Å²) < 4.78 is 30.7. The van der Waals surface area contributed by atoms with Gasteiger partial charge in [-0.2, -0.15) is 0 Å². The molecule has 4 N–H and O–H groups in total. The van der Waals surface area contributed by atoms with Crippen molar-refractivity contribution in [2.75, 3.05) is 52.5 Å². The second kappa shape index (κ2) is 68.6. The van der Waals surface area contributed by atoms with E-state index >= 15 is 0 Å². The zero-order valence-electron chi connectivity index (χ0n) is 107. The van der Waals surface area contributed by atoms with Gasteiger partial charge in [0.1, 0.15) is 51.1 Å². The van der Waals surface area contributed by atoms with Crippen molar-refractivity contribution in [2.45, 2.75) is 590 Å². The summed E-state index contributed by atoms with van der Waals surface area (Å²) in [6, 6.07) is 0.169. The van der Waals surface area contributed by atoms with Gasteiger partial charge in [0.2, 0.25) is 0 Å². The molecular weight excluding hydrogens is 1880 g/mol. The van der Waals surface area contributed by atoms with Gasteiger partial charge in [0.25, 0.3) is 0 Å². The largest absolute Gasteiger partial charge is 0.460 e. The summed E-state index contributed by atoms with van der Waals surface area (Å²) in [6.45, 7) is 104. The van der Waals surface area contributed by atoms with Crippen LogP contribution in [0, 0.1) is 121 Å². The second-order valence-corrected chi connectivity index (χ2v) is 60.5. The minimum Gasteiger partial charge on any atom is -0.460 e. The van der Waals surface area contributed by atoms with Crippen molar-refractivity contribution in [1.29, 1.82) is 0 Å². The summed E-state index contributed by atoms with van der Waals surface area (Å²) in [4.78, 5) is 117. The maximum absolute atomic E-state index is 12.0. The molecule has 22 nitrogen and oxygen atoms in total. The Labute approximate surface area is 924 Å². The fourth-order valence-corrected chi connectivity index (χ4v) is 21.4. The zero-order valence-corrected chi connectivity index (χ0v) is 107. The molecule has 14 aliphatic rings. The third-order valence-electron chi connectivity index (χ3n) is 27.6. The highest BCUT2D eigenvalue weighted by Gasteiger charge is 2.52. The number of esters is 1. The smallest absolute Gasteiger partial charge is 0.411 e. The van der Waals surface area contributed by atoms with Gasteiger partial charge in [-0.25, -0.2) is 19.2 Å². The number of likely N-dealkylation sites (tertiary alicyclic amines) is 3. The Balaban J connectivity index is -0.00000156. The van der Waals surface area contributed by atoms with Gasteiger partial charge in [-0.3, -0.25) is 33.7 Å². The van der Waals surface area contributed by atoms with Crippen molar-refractivity contribution >= 4 is 59.3 Å². The average molecular weight is 2130 g/mol. The van der Waals surface area contributed by atoms with Gasteiger partial charge < -0.3 is 54.4 Å². The van der Waals surface area contributed by atoms with Crippen molar-refractivity contribution in [3.63, 3.8) is 0 Å². The first-order valence-corrected chi connectivity index (χ1v) is 59.4. The lowest BCUT2D eigenvalue weighted by Gasteiger charge is -2.58. The lowest BCUT2D eigenvalue weighted by molar-refractivity contribution is -0.152. The van der Waals surface area contributed by atoms with Gasteiger partial charge in [-0.15, -0.1) is 0 Å². The fourth-order valence-electron chi connectivity index (χ4n) is 21.4. The first-order chi connectivity index (χ1) is 67.4.